The molecule has 0 N–H and O–H groups in total. The van der Waals surface area contributed by atoms with Gasteiger partial charge in [-0.1, -0.05) is 12.8 Å². The molecule has 122 valence electrons. The van der Waals surface area contributed by atoms with E-state index in [2.05, 4.69) is 0 Å². The predicted octanol–water partition coefficient (Wildman–Crippen LogP) is 2.84. The van der Waals surface area contributed by atoms with Crippen molar-refractivity contribution in [3.05, 3.63) is 0 Å². The van der Waals surface area contributed by atoms with Gasteiger partial charge in [-0.05, 0) is 50.4 Å². The molecule has 3 unspecified atom stereocenters. The van der Waals surface area contributed by atoms with Crippen molar-refractivity contribution in [1.29, 1.82) is 0 Å². The van der Waals surface area contributed by atoms with E-state index in [1.165, 1.54) is 25.7 Å². The topological polar surface area (TPSA) is 40.6 Å². The van der Waals surface area contributed by atoms with Gasteiger partial charge in [0.15, 0.2) is 0 Å². The summed E-state index contributed by atoms with van der Waals surface area (Å²) in [5, 5.41) is 0. The smallest absolute Gasteiger partial charge is 0.195 e. The highest BCUT2D eigenvalue weighted by atomic mass is 35.5. The molecule has 2 saturated heterocycles. The maximum Gasteiger partial charge on any atom is 0.282 e. The summed E-state index contributed by atoms with van der Waals surface area (Å²) in [6, 6.07) is 0.258. The van der Waals surface area contributed by atoms with Crippen molar-refractivity contribution < 1.29 is 8.42 Å². The van der Waals surface area contributed by atoms with Gasteiger partial charge in [-0.3, -0.25) is 0 Å². The Morgan fingerprint density at radius 2 is 1.67 bits per heavy atom. The van der Waals surface area contributed by atoms with E-state index in [1.807, 2.05) is 4.31 Å². The molecule has 1 aliphatic carbocycles. The van der Waals surface area contributed by atoms with Gasteiger partial charge in [-0.25, -0.2) is 0 Å². The molecule has 3 atom stereocenters. The van der Waals surface area contributed by atoms with Crippen LogP contribution in [0.25, 0.3) is 0 Å². The third kappa shape index (κ3) is 3.26. The third-order valence-electron chi connectivity index (χ3n) is 5.51. The summed E-state index contributed by atoms with van der Waals surface area (Å²) in [6.07, 6.45) is 8.94. The Kier molecular flexibility index (Phi) is 5.14. The summed E-state index contributed by atoms with van der Waals surface area (Å²) in [6.45, 7) is 1.99. The Bertz CT molecular complexity index is 455. The van der Waals surface area contributed by atoms with Crippen LogP contribution in [0.4, 0.5) is 0 Å². The molecule has 0 radical (unpaired) electrons. The van der Waals surface area contributed by atoms with Crippen LogP contribution in [0.1, 0.15) is 51.4 Å². The molecule has 1 saturated carbocycles. The second-order valence-electron chi connectivity index (χ2n) is 6.89. The maximum atomic E-state index is 13.1. The van der Waals surface area contributed by atoms with Gasteiger partial charge in [0.05, 0.1) is 0 Å². The molecule has 0 aromatic carbocycles. The molecule has 0 aromatic rings. The average Bonchev–Trinajstić information content (AvgIpc) is 2.54. The van der Waals surface area contributed by atoms with Crippen molar-refractivity contribution in [2.75, 3.05) is 25.5 Å². The Labute approximate surface area is 134 Å². The van der Waals surface area contributed by atoms with E-state index >= 15 is 0 Å². The summed E-state index contributed by atoms with van der Waals surface area (Å²) in [7, 11) is -3.29. The summed E-state index contributed by atoms with van der Waals surface area (Å²) >= 11 is 5.96. The molecule has 4 nitrogen and oxygen atoms in total. The predicted molar refractivity (Wildman–Crippen MR) is 85.6 cm³/mol. The zero-order valence-corrected chi connectivity index (χ0v) is 14.3. The van der Waals surface area contributed by atoms with Crippen molar-refractivity contribution in [2.45, 2.75) is 57.4 Å². The highest BCUT2D eigenvalue weighted by Crippen LogP contribution is 2.37. The minimum absolute atomic E-state index is 0.258. The monoisotopic (exact) mass is 334 g/mol. The molecule has 3 rings (SSSR count). The van der Waals surface area contributed by atoms with Crippen LogP contribution in [0.3, 0.4) is 0 Å². The quantitative estimate of drug-likeness (QED) is 0.745. The minimum Gasteiger partial charge on any atom is -0.195 e. The number of halogens is 1. The lowest BCUT2D eigenvalue weighted by Gasteiger charge is -2.45. The van der Waals surface area contributed by atoms with Crippen LogP contribution in [0, 0.1) is 11.8 Å². The Morgan fingerprint density at radius 1 is 0.952 bits per heavy atom. The standard InChI is InChI=1S/C15H27ClN2O2S/c16-11-13-5-3-9-17(12-13)21(19,20)18-10-4-7-14-6-1-2-8-15(14)18/h13-15H,1-12H2. The summed E-state index contributed by atoms with van der Waals surface area (Å²) in [4.78, 5) is 0. The molecule has 21 heavy (non-hydrogen) atoms. The van der Waals surface area contributed by atoms with Gasteiger partial charge in [0.25, 0.3) is 10.2 Å². The van der Waals surface area contributed by atoms with Crippen LogP contribution in [-0.4, -0.2) is 48.6 Å². The fourth-order valence-electron chi connectivity index (χ4n) is 4.38. The summed E-state index contributed by atoms with van der Waals surface area (Å²) in [5.41, 5.74) is 0. The minimum atomic E-state index is -3.29. The molecule has 2 aliphatic heterocycles. The Balaban J connectivity index is 1.76. The van der Waals surface area contributed by atoms with Crippen molar-refractivity contribution in [1.82, 2.24) is 8.61 Å². The van der Waals surface area contributed by atoms with E-state index < -0.39 is 10.2 Å². The van der Waals surface area contributed by atoms with E-state index in [0.717, 1.165) is 25.7 Å². The number of hydrogen-bond donors (Lipinski definition) is 0. The van der Waals surface area contributed by atoms with Crippen LogP contribution in [0.15, 0.2) is 0 Å². The molecular formula is C15H27ClN2O2S. The van der Waals surface area contributed by atoms with Crippen molar-refractivity contribution in [3.63, 3.8) is 0 Å². The second-order valence-corrected chi connectivity index (χ2v) is 9.08. The zero-order valence-electron chi connectivity index (χ0n) is 12.7. The first-order valence-corrected chi connectivity index (χ1v) is 10.4. The molecule has 6 heteroatoms. The van der Waals surface area contributed by atoms with Gasteiger partial charge in [0.2, 0.25) is 0 Å². The van der Waals surface area contributed by atoms with Gasteiger partial charge in [0, 0.05) is 31.6 Å². The Morgan fingerprint density at radius 3 is 2.48 bits per heavy atom. The van der Waals surface area contributed by atoms with Crippen molar-refractivity contribution >= 4 is 21.8 Å². The fourth-order valence-corrected chi connectivity index (χ4v) is 6.66. The van der Waals surface area contributed by atoms with Crippen LogP contribution in [-0.2, 0) is 10.2 Å². The van der Waals surface area contributed by atoms with E-state index in [-0.39, 0.29) is 6.04 Å². The van der Waals surface area contributed by atoms with E-state index in [4.69, 9.17) is 11.6 Å². The van der Waals surface area contributed by atoms with Crippen LogP contribution >= 0.6 is 11.6 Å². The first-order valence-electron chi connectivity index (χ1n) is 8.46. The van der Waals surface area contributed by atoms with Gasteiger partial charge < -0.3 is 0 Å². The highest BCUT2D eigenvalue weighted by molar-refractivity contribution is 7.86. The number of fused-ring (bicyclic) bond motifs is 1. The number of piperidine rings is 2. The van der Waals surface area contributed by atoms with Crippen molar-refractivity contribution in [2.24, 2.45) is 11.8 Å². The van der Waals surface area contributed by atoms with Gasteiger partial charge in [-0.15, -0.1) is 11.6 Å². The molecule has 0 aromatic heterocycles. The second kappa shape index (κ2) is 6.73. The maximum absolute atomic E-state index is 13.1. The first kappa shape index (κ1) is 16.0. The van der Waals surface area contributed by atoms with Gasteiger partial charge in [-0.2, -0.15) is 17.0 Å². The highest BCUT2D eigenvalue weighted by Gasteiger charge is 2.42. The van der Waals surface area contributed by atoms with Crippen molar-refractivity contribution in [3.8, 4) is 0 Å². The van der Waals surface area contributed by atoms with Gasteiger partial charge >= 0.3 is 0 Å². The number of rotatable bonds is 3. The van der Waals surface area contributed by atoms with Crippen LogP contribution < -0.4 is 0 Å². The summed E-state index contributed by atoms with van der Waals surface area (Å²) in [5.74, 6) is 1.48. The lowest BCUT2D eigenvalue weighted by molar-refractivity contribution is 0.118. The van der Waals surface area contributed by atoms with E-state index in [0.29, 0.717) is 37.4 Å². The molecule has 0 amide bonds. The summed E-state index contributed by atoms with van der Waals surface area (Å²) < 4.78 is 29.7. The van der Waals surface area contributed by atoms with E-state index in [1.54, 1.807) is 4.31 Å². The largest absolute Gasteiger partial charge is 0.282 e. The molecule has 0 bridgehead atoms. The molecule has 3 aliphatic rings. The molecular weight excluding hydrogens is 308 g/mol. The Hall–Kier alpha value is 0.160. The van der Waals surface area contributed by atoms with Crippen LogP contribution in [0.5, 0.6) is 0 Å². The fraction of sp³-hybridized carbons (Fsp3) is 1.00. The number of hydrogen-bond acceptors (Lipinski definition) is 2. The molecule has 2 heterocycles. The number of alkyl halides is 1. The lowest BCUT2D eigenvalue weighted by atomic mass is 9.79. The average molecular weight is 335 g/mol. The van der Waals surface area contributed by atoms with Crippen LogP contribution in [0.2, 0.25) is 0 Å². The normalized spacial score (nSPS) is 36.3. The number of nitrogens with zero attached hydrogens (tertiary/aromatic N) is 2. The van der Waals surface area contributed by atoms with E-state index in [9.17, 15) is 8.42 Å². The van der Waals surface area contributed by atoms with Gasteiger partial charge in [0.1, 0.15) is 0 Å². The first-order chi connectivity index (χ1) is 10.1. The molecule has 3 fully saturated rings. The third-order valence-corrected chi connectivity index (χ3v) is 7.98. The molecule has 0 spiro atoms. The lowest BCUT2D eigenvalue weighted by Crippen LogP contribution is -2.56. The SMILES string of the molecule is O=S(=O)(N1CCCC(CCl)C1)N1CCCC2CCCCC21. The zero-order chi connectivity index (χ0) is 14.9.